The van der Waals surface area contributed by atoms with E-state index in [1.165, 1.54) is 6.92 Å². The summed E-state index contributed by atoms with van der Waals surface area (Å²) in [4.78, 5) is 121. The van der Waals surface area contributed by atoms with Crippen molar-refractivity contribution in [2.75, 3.05) is 74.5 Å². The van der Waals surface area contributed by atoms with Crippen molar-refractivity contribution in [1.29, 1.82) is 0 Å². The molecule has 1 fully saturated rings. The molecular weight excluding hydrogens is 1330 g/mol. The van der Waals surface area contributed by atoms with E-state index in [0.29, 0.717) is 0 Å². The lowest BCUT2D eigenvalue weighted by Gasteiger charge is -2.56. The molecule has 5 unspecified atom stereocenters. The molecule has 1 aliphatic carbocycles. The van der Waals surface area contributed by atoms with Gasteiger partial charge in [-0.3, -0.25) is 70.6 Å². The first-order chi connectivity index (χ1) is 41.4. The molecule has 0 bridgehead atoms. The lowest BCUT2D eigenvalue weighted by Crippen LogP contribution is -2.71. The summed E-state index contributed by atoms with van der Waals surface area (Å²) in [5, 5.41) is 0. The van der Waals surface area contributed by atoms with Gasteiger partial charge in [-0.2, -0.15) is 0 Å². The Kier molecular flexibility index (Phi) is 37.2. The first-order valence-corrected chi connectivity index (χ1v) is 32.6. The van der Waals surface area contributed by atoms with Crippen molar-refractivity contribution in [3.8, 4) is 0 Å². The Bertz CT molecular complexity index is 2490. The fourth-order valence-corrected chi connectivity index (χ4v) is 11.9. The van der Waals surface area contributed by atoms with Crippen LogP contribution in [0, 0.1) is 0 Å². The molecule has 1 saturated carbocycles. The molecule has 0 heterocycles. The normalized spacial score (nSPS) is 18.8. The van der Waals surface area contributed by atoms with E-state index in [-0.39, 0.29) is 12.8 Å². The average Bonchev–Trinajstić information content (AvgIpc) is 2.04. The number of hydrogen-bond donors (Lipinski definition) is 0. The van der Waals surface area contributed by atoms with Gasteiger partial charge in [0.15, 0.2) is 6.10 Å². The van der Waals surface area contributed by atoms with Crippen LogP contribution in [0.2, 0.25) is 0 Å². The molecule has 0 amide bonds. The van der Waals surface area contributed by atoms with Crippen molar-refractivity contribution in [3.63, 3.8) is 0 Å². The molecule has 0 N–H and O–H groups in total. The third kappa shape index (κ3) is 33.4. The number of ether oxygens (including phenoxy) is 11. The zero-order chi connectivity index (χ0) is 67.7. The molecule has 0 aromatic carbocycles. The Balaban J connectivity index is 5.51. The van der Waals surface area contributed by atoms with E-state index in [1.807, 2.05) is 0 Å². The minimum Gasteiger partial charge on any atom is -0.438 e. The van der Waals surface area contributed by atoms with E-state index in [4.69, 9.17) is 120 Å². The number of phosphoric acid groups is 5. The number of unbranched alkanes of at least 4 members (excludes halogenated alkanes) is 1. The molecule has 0 aliphatic heterocycles. The van der Waals surface area contributed by atoms with Crippen LogP contribution in [0.25, 0.3) is 0 Å². The zero-order valence-corrected chi connectivity index (χ0v) is 54.5. The van der Waals surface area contributed by atoms with Crippen molar-refractivity contribution in [2.45, 2.75) is 145 Å². The monoisotopic (exact) mass is 1400 g/mol. The maximum atomic E-state index is 15.5. The van der Waals surface area contributed by atoms with Crippen LogP contribution >= 0.6 is 39.1 Å². The van der Waals surface area contributed by atoms with E-state index in [0.717, 1.165) is 69.2 Å². The topological polar surface area (TPSA) is 496 Å². The maximum Gasteiger partial charge on any atom is 0.483 e. The summed E-state index contributed by atoms with van der Waals surface area (Å²) in [6, 6.07) is 0. The van der Waals surface area contributed by atoms with E-state index >= 15 is 22.8 Å². The Morgan fingerprint density at radius 3 is 0.843 bits per heavy atom. The molecule has 0 aromatic heterocycles. The highest BCUT2D eigenvalue weighted by molar-refractivity contribution is 7.49. The van der Waals surface area contributed by atoms with Crippen LogP contribution in [-0.4, -0.2) is 164 Å². The number of rotatable bonds is 46. The van der Waals surface area contributed by atoms with Crippen LogP contribution in [0.3, 0.4) is 0 Å². The van der Waals surface area contributed by atoms with Crippen molar-refractivity contribution in [1.82, 2.24) is 0 Å². The second kappa shape index (κ2) is 40.2. The van der Waals surface area contributed by atoms with E-state index in [9.17, 15) is 47.9 Å². The van der Waals surface area contributed by atoms with E-state index < -0.39 is 222 Å². The lowest BCUT2D eigenvalue weighted by molar-refractivity contribution is -0.325. The van der Waals surface area contributed by atoms with Crippen LogP contribution in [0.15, 0.2) is 0 Å². The highest BCUT2D eigenvalue weighted by Crippen LogP contribution is 2.68. The molecule has 0 saturated heterocycles. The van der Waals surface area contributed by atoms with Gasteiger partial charge in [-0.1, -0.05) is 26.7 Å². The van der Waals surface area contributed by atoms with Gasteiger partial charge in [-0.15, -0.1) is 0 Å². The quantitative estimate of drug-likeness (QED) is 0.0237. The molecule has 46 heteroatoms. The predicted octanol–water partition coefficient (Wildman–Crippen LogP) is 5.54. The molecule has 1 aliphatic rings. The van der Waals surface area contributed by atoms with Crippen LogP contribution in [0.4, 0.5) is 0 Å². The van der Waals surface area contributed by atoms with Crippen molar-refractivity contribution in [2.24, 2.45) is 0 Å². The smallest absolute Gasteiger partial charge is 0.438 e. The number of carbonyl (C=O) groups is 10. The number of esters is 10. The van der Waals surface area contributed by atoms with Gasteiger partial charge < -0.3 is 52.1 Å². The number of hydrogen-bond acceptors (Lipinski definition) is 41. The van der Waals surface area contributed by atoms with Crippen LogP contribution in [0.1, 0.15) is 115 Å². The fourth-order valence-electron chi connectivity index (χ4n) is 6.20. The van der Waals surface area contributed by atoms with Gasteiger partial charge in [0, 0.05) is 75.7 Å². The average molecular weight is 1400 g/mol. The standard InChI is InChI=1S/C43H71O41P5/c1-13-15-17-69-43(84-89(58,78-27-67-37(11)52)79-28-68-38(12)53)18-42(16-14-2,83-88(57,76-25-65-35(9)50)77-26-66-36(10)51)40(81-86(55,72-21-61-31(5)46)73-22-62-32(6)47)39(80-85(54,70-19-59-29(3)44)71-20-60-30(4)45)41(43)82-87(56,74-23-63-33(7)48)75-24-64-34(8)49/h39-41H,13-28H2,1-12H3. The molecule has 1 rings (SSSR count). The minimum absolute atomic E-state index is 0.109. The predicted molar refractivity (Wildman–Crippen MR) is 278 cm³/mol. The van der Waals surface area contributed by atoms with Gasteiger partial charge in [-0.25, -0.2) is 68.1 Å². The molecule has 514 valence electrons. The van der Waals surface area contributed by atoms with Crippen LogP contribution in [0.5, 0.6) is 0 Å². The van der Waals surface area contributed by atoms with Gasteiger partial charge in [0.05, 0.1) is 6.61 Å². The van der Waals surface area contributed by atoms with Crippen molar-refractivity contribution >= 4 is 98.8 Å². The Morgan fingerprint density at radius 1 is 0.337 bits per heavy atom. The zero-order valence-electron chi connectivity index (χ0n) is 50.0. The SMILES string of the molecule is CCCCOC1(OP(=O)(OCOC(C)=O)OCOC(C)=O)CC(CCC)(OP(=O)(OCOC(C)=O)OCOC(C)=O)C(OP(=O)(OCOC(C)=O)OCOC(C)=O)C(OP(=O)(OCOC(C)=O)OCOC(C)=O)C1OP(=O)(OCOC(C)=O)OCOC(C)=O. The molecule has 0 spiro atoms. The van der Waals surface area contributed by atoms with Gasteiger partial charge in [0.2, 0.25) is 73.7 Å². The van der Waals surface area contributed by atoms with Crippen molar-refractivity contribution in [3.05, 3.63) is 0 Å². The lowest BCUT2D eigenvalue weighted by atomic mass is 9.73. The van der Waals surface area contributed by atoms with E-state index in [2.05, 4.69) is 0 Å². The molecule has 5 atom stereocenters. The molecule has 0 aromatic rings. The highest BCUT2D eigenvalue weighted by Gasteiger charge is 2.71. The largest absolute Gasteiger partial charge is 0.483 e. The summed E-state index contributed by atoms with van der Waals surface area (Å²) in [6.45, 7) is -4.36. The fraction of sp³-hybridized carbons (Fsp3) is 0.767. The highest BCUT2D eigenvalue weighted by atomic mass is 31.2. The third-order valence-electron chi connectivity index (χ3n) is 9.64. The molecular formula is C43H71O41P5. The van der Waals surface area contributed by atoms with Gasteiger partial charge in [-0.05, 0) is 12.8 Å². The first kappa shape index (κ1) is 82.2. The summed E-state index contributed by atoms with van der Waals surface area (Å²) in [5.74, 6) is -15.2. The Morgan fingerprint density at radius 2 is 0.584 bits per heavy atom. The van der Waals surface area contributed by atoms with Crippen molar-refractivity contribution < 1.29 is 191 Å². The number of phosphoric ester groups is 5. The van der Waals surface area contributed by atoms with E-state index in [1.54, 1.807) is 6.92 Å². The minimum atomic E-state index is -6.12. The Labute approximate surface area is 507 Å². The Hall–Kier alpha value is -4.79. The maximum absolute atomic E-state index is 15.5. The summed E-state index contributed by atoms with van der Waals surface area (Å²) >= 11 is 0. The molecule has 0 radical (unpaired) electrons. The van der Waals surface area contributed by atoms with Crippen LogP contribution in [-0.2, 0) is 191 Å². The number of carbonyl (C=O) groups excluding carboxylic acids is 10. The summed E-state index contributed by atoms with van der Waals surface area (Å²) in [7, 11) is -30.2. The molecule has 89 heavy (non-hydrogen) atoms. The first-order valence-electron chi connectivity index (χ1n) is 25.3. The second-order valence-electron chi connectivity index (χ2n) is 16.9. The third-order valence-corrected chi connectivity index (χ3v) is 16.4. The van der Waals surface area contributed by atoms with Crippen LogP contribution < -0.4 is 0 Å². The summed E-state index contributed by atoms with van der Waals surface area (Å²) in [5.41, 5.74) is -3.31. The van der Waals surface area contributed by atoms with Gasteiger partial charge in [0.1, 0.15) is 17.8 Å². The van der Waals surface area contributed by atoms with Gasteiger partial charge >= 0.3 is 98.8 Å². The summed E-state index contributed by atoms with van der Waals surface area (Å²) in [6.07, 6.45) is -12.7. The van der Waals surface area contributed by atoms with Gasteiger partial charge in [0.25, 0.3) is 0 Å². The molecule has 41 nitrogen and oxygen atoms in total. The summed E-state index contributed by atoms with van der Waals surface area (Å²) < 4.78 is 216. The second-order valence-corrected chi connectivity index (χ2v) is 24.9.